The first-order chi connectivity index (χ1) is 28.2. The van der Waals surface area contributed by atoms with Gasteiger partial charge in [-0.25, -0.2) is 0 Å². The standard InChI is InChI=1S/C55H37NO/c57-55(37-20-8-3-9-21-37)53-42-25-11-10-24-41(42)49-34-47-45(53)28-15-29-50(47)56-54(49)40-30-31-46-48(33-40)52(39-23-14-22-38(32-39)35-16-4-1-5-17-35)44-27-13-12-26-43(44)51(46)36-18-6-2-7-19-36/h1-33,49,53H,34H2. The highest BCUT2D eigenvalue weighted by Gasteiger charge is 2.38. The molecule has 268 valence electrons. The third kappa shape index (κ3) is 5.48. The Balaban J connectivity index is 1.17. The zero-order chi connectivity index (χ0) is 37.9. The second-order valence-corrected chi connectivity index (χ2v) is 15.3. The van der Waals surface area contributed by atoms with Crippen LogP contribution < -0.4 is 0 Å². The Bertz CT molecular complexity index is 3050. The molecule has 0 aromatic heterocycles. The van der Waals surface area contributed by atoms with Gasteiger partial charge in [0.1, 0.15) is 0 Å². The molecule has 57 heavy (non-hydrogen) atoms. The third-order valence-corrected chi connectivity index (χ3v) is 12.1. The number of carbonyl (C=O) groups excluding carboxylic acids is 1. The molecule has 9 aromatic carbocycles. The van der Waals surface area contributed by atoms with Gasteiger partial charge < -0.3 is 0 Å². The molecule has 11 rings (SSSR count). The fourth-order valence-corrected chi connectivity index (χ4v) is 9.58. The van der Waals surface area contributed by atoms with Gasteiger partial charge in [0.05, 0.1) is 17.3 Å². The Morgan fingerprint density at radius 1 is 0.421 bits per heavy atom. The summed E-state index contributed by atoms with van der Waals surface area (Å²) < 4.78 is 0. The smallest absolute Gasteiger partial charge is 0.174 e. The molecule has 2 aliphatic rings. The summed E-state index contributed by atoms with van der Waals surface area (Å²) in [6.07, 6.45) is 0.789. The molecule has 0 N–H and O–H groups in total. The van der Waals surface area contributed by atoms with Crippen molar-refractivity contribution in [1.29, 1.82) is 0 Å². The quantitative estimate of drug-likeness (QED) is 0.124. The monoisotopic (exact) mass is 727 g/mol. The molecule has 2 bridgehead atoms. The van der Waals surface area contributed by atoms with Crippen LogP contribution in [0.5, 0.6) is 0 Å². The van der Waals surface area contributed by atoms with Crippen molar-refractivity contribution in [2.45, 2.75) is 18.3 Å². The van der Waals surface area contributed by atoms with Crippen LogP contribution in [0, 0.1) is 0 Å². The maximum absolute atomic E-state index is 14.5. The lowest BCUT2D eigenvalue weighted by atomic mass is 9.80. The molecule has 0 spiro atoms. The van der Waals surface area contributed by atoms with Gasteiger partial charge in [0.2, 0.25) is 0 Å². The van der Waals surface area contributed by atoms with E-state index < -0.39 is 5.92 Å². The maximum atomic E-state index is 14.5. The van der Waals surface area contributed by atoms with Crippen molar-refractivity contribution in [1.82, 2.24) is 0 Å². The van der Waals surface area contributed by atoms with Crippen LogP contribution in [0.15, 0.2) is 205 Å². The topological polar surface area (TPSA) is 29.4 Å². The zero-order valence-electron chi connectivity index (χ0n) is 31.3. The van der Waals surface area contributed by atoms with Crippen LogP contribution >= 0.6 is 0 Å². The van der Waals surface area contributed by atoms with Gasteiger partial charge in [-0.2, -0.15) is 0 Å². The van der Waals surface area contributed by atoms with E-state index in [4.69, 9.17) is 4.99 Å². The summed E-state index contributed by atoms with van der Waals surface area (Å²) in [5.74, 6) is -0.295. The predicted octanol–water partition coefficient (Wildman–Crippen LogP) is 13.8. The molecule has 0 radical (unpaired) electrons. The van der Waals surface area contributed by atoms with Gasteiger partial charge in [-0.15, -0.1) is 0 Å². The minimum Gasteiger partial charge on any atom is -0.293 e. The van der Waals surface area contributed by atoms with Crippen molar-refractivity contribution in [2.24, 2.45) is 4.99 Å². The summed E-state index contributed by atoms with van der Waals surface area (Å²) in [7, 11) is 0. The van der Waals surface area contributed by atoms with Gasteiger partial charge in [0.15, 0.2) is 5.78 Å². The Kier molecular flexibility index (Phi) is 7.89. The summed E-state index contributed by atoms with van der Waals surface area (Å²) in [5.41, 5.74) is 15.5. The van der Waals surface area contributed by atoms with Crippen LogP contribution in [0.3, 0.4) is 0 Å². The van der Waals surface area contributed by atoms with E-state index in [2.05, 4.69) is 170 Å². The number of hydrogen-bond acceptors (Lipinski definition) is 2. The lowest BCUT2D eigenvalue weighted by molar-refractivity contribution is 0.0973. The number of Topliss-reactive ketones (excluding diaryl/α,β-unsaturated/α-hetero) is 1. The Labute approximate surface area is 332 Å². The number of nitrogens with zero attached hydrogens (tertiary/aromatic N) is 1. The van der Waals surface area contributed by atoms with Crippen LogP contribution in [0.25, 0.3) is 54.9 Å². The number of ketones is 1. The lowest BCUT2D eigenvalue weighted by Crippen LogP contribution is -2.20. The zero-order valence-corrected chi connectivity index (χ0v) is 31.3. The SMILES string of the molecule is O=C(c1ccccc1)C1c2ccccc2C2Cc3c(cccc31)N=C2c1ccc2c(-c3ccccc3)c3ccccc3c(-c3cccc(-c4ccccc4)c3)c2c1. The predicted molar refractivity (Wildman–Crippen MR) is 236 cm³/mol. The van der Waals surface area contributed by atoms with E-state index in [0.717, 1.165) is 40.1 Å². The van der Waals surface area contributed by atoms with Crippen LogP contribution in [0.1, 0.15) is 50.0 Å². The molecule has 0 amide bonds. The molecular formula is C55H37NO. The van der Waals surface area contributed by atoms with Gasteiger partial charge >= 0.3 is 0 Å². The average Bonchev–Trinajstić information content (AvgIpc) is 3.42. The number of fused-ring (bicyclic) bond motifs is 5. The van der Waals surface area contributed by atoms with Crippen molar-refractivity contribution in [3.63, 3.8) is 0 Å². The molecule has 2 unspecified atom stereocenters. The lowest BCUT2D eigenvalue weighted by Gasteiger charge is -2.26. The second kappa shape index (κ2) is 13.5. The fourth-order valence-electron chi connectivity index (χ4n) is 9.58. The Morgan fingerprint density at radius 2 is 0.982 bits per heavy atom. The molecule has 1 heterocycles. The number of carbonyl (C=O) groups is 1. The highest BCUT2D eigenvalue weighted by molar-refractivity contribution is 6.23. The number of benzene rings is 9. The van der Waals surface area contributed by atoms with Gasteiger partial charge in [0.25, 0.3) is 0 Å². The summed E-state index contributed by atoms with van der Waals surface area (Å²) in [6.45, 7) is 0. The maximum Gasteiger partial charge on any atom is 0.174 e. The first-order valence-corrected chi connectivity index (χ1v) is 19.8. The van der Waals surface area contributed by atoms with Crippen molar-refractivity contribution in [2.75, 3.05) is 0 Å². The first-order valence-electron chi connectivity index (χ1n) is 19.8. The van der Waals surface area contributed by atoms with Crippen LogP contribution in [0.2, 0.25) is 0 Å². The Morgan fingerprint density at radius 3 is 1.74 bits per heavy atom. The van der Waals surface area contributed by atoms with E-state index in [1.807, 2.05) is 30.3 Å². The Hall–Kier alpha value is -7.16. The minimum absolute atomic E-state index is 0.0141. The third-order valence-electron chi connectivity index (χ3n) is 12.1. The van der Waals surface area contributed by atoms with Crippen molar-refractivity contribution in [3.05, 3.63) is 234 Å². The average molecular weight is 728 g/mol. The first kappa shape index (κ1) is 33.2. The number of aliphatic imine (C=N–C) groups is 1. The van der Waals surface area contributed by atoms with Gasteiger partial charge in [-0.3, -0.25) is 9.79 Å². The number of rotatable bonds is 6. The summed E-state index contributed by atoms with van der Waals surface area (Å²) in [4.78, 5) is 20.1. The highest BCUT2D eigenvalue weighted by atomic mass is 16.1. The fraction of sp³-hybridized carbons (Fsp3) is 0.0545. The molecule has 9 aromatic rings. The molecule has 1 aliphatic carbocycles. The van der Waals surface area contributed by atoms with Crippen LogP contribution in [-0.2, 0) is 6.42 Å². The molecule has 0 saturated carbocycles. The van der Waals surface area contributed by atoms with Crippen molar-refractivity contribution < 1.29 is 4.79 Å². The number of hydrogen-bond donors (Lipinski definition) is 0. The normalized spacial score (nSPS) is 15.5. The van der Waals surface area contributed by atoms with Gasteiger partial charge in [-0.1, -0.05) is 182 Å². The minimum atomic E-state index is -0.405. The van der Waals surface area contributed by atoms with Crippen molar-refractivity contribution in [3.8, 4) is 33.4 Å². The van der Waals surface area contributed by atoms with E-state index in [9.17, 15) is 4.79 Å². The molecular weight excluding hydrogens is 691 g/mol. The molecule has 0 fully saturated rings. The van der Waals surface area contributed by atoms with E-state index in [-0.39, 0.29) is 11.7 Å². The summed E-state index contributed by atoms with van der Waals surface area (Å²) in [6, 6.07) is 70.9. The summed E-state index contributed by atoms with van der Waals surface area (Å²) >= 11 is 0. The molecule has 1 aliphatic heterocycles. The molecule has 2 nitrogen and oxygen atoms in total. The molecule has 2 heteroatoms. The van der Waals surface area contributed by atoms with E-state index in [1.165, 1.54) is 66.1 Å². The highest BCUT2D eigenvalue weighted by Crippen LogP contribution is 2.49. The van der Waals surface area contributed by atoms with E-state index >= 15 is 0 Å². The van der Waals surface area contributed by atoms with Gasteiger partial charge in [0, 0.05) is 11.5 Å². The second-order valence-electron chi connectivity index (χ2n) is 15.3. The molecule has 2 atom stereocenters. The molecule has 0 saturated heterocycles. The van der Waals surface area contributed by atoms with E-state index in [1.54, 1.807) is 0 Å². The van der Waals surface area contributed by atoms with Crippen molar-refractivity contribution >= 4 is 38.7 Å². The summed E-state index contributed by atoms with van der Waals surface area (Å²) in [5, 5.41) is 4.84. The largest absolute Gasteiger partial charge is 0.293 e. The van der Waals surface area contributed by atoms with Crippen LogP contribution in [-0.4, -0.2) is 11.5 Å². The van der Waals surface area contributed by atoms with Crippen LogP contribution in [0.4, 0.5) is 5.69 Å². The van der Waals surface area contributed by atoms with E-state index in [0.29, 0.717) is 0 Å². The van der Waals surface area contributed by atoms with Gasteiger partial charge in [-0.05, 0) is 107 Å².